The van der Waals surface area contributed by atoms with Gasteiger partial charge in [-0.3, -0.25) is 10.9 Å². The van der Waals surface area contributed by atoms with E-state index in [1.807, 2.05) is 0 Å². The van der Waals surface area contributed by atoms with Crippen molar-refractivity contribution in [2.75, 3.05) is 0 Å². The Morgan fingerprint density at radius 3 is 2.47 bits per heavy atom. The molecule has 0 atom stereocenters. The smallest absolute Gasteiger partial charge is 0.0351 e. The van der Waals surface area contributed by atoms with E-state index in [1.54, 1.807) is 0 Å². The summed E-state index contributed by atoms with van der Waals surface area (Å²) in [5.74, 6) is 0. The van der Waals surface area contributed by atoms with Crippen molar-refractivity contribution >= 4 is 0 Å². The van der Waals surface area contributed by atoms with Crippen LogP contribution in [-0.4, -0.2) is 6.04 Å². The maximum absolute atomic E-state index is 3.42. The molecule has 1 aromatic rings. The Labute approximate surface area is 92.1 Å². The van der Waals surface area contributed by atoms with Crippen LogP contribution >= 0.6 is 0 Å². The third kappa shape index (κ3) is 3.65. The second-order valence-corrected chi connectivity index (χ2v) is 4.32. The van der Waals surface area contributed by atoms with Crippen molar-refractivity contribution in [3.05, 3.63) is 35.9 Å². The van der Waals surface area contributed by atoms with Gasteiger partial charge in [-0.1, -0.05) is 49.6 Å². The van der Waals surface area contributed by atoms with E-state index in [1.165, 1.54) is 37.7 Å². The number of hydrazine groups is 1. The number of nitrogens with one attached hydrogen (secondary N) is 2. The van der Waals surface area contributed by atoms with Crippen molar-refractivity contribution in [2.45, 2.75) is 44.7 Å². The van der Waals surface area contributed by atoms with Crippen LogP contribution in [0.2, 0.25) is 0 Å². The average molecular weight is 204 g/mol. The molecule has 1 saturated carbocycles. The van der Waals surface area contributed by atoms with E-state index in [4.69, 9.17) is 0 Å². The van der Waals surface area contributed by atoms with E-state index in [9.17, 15) is 0 Å². The molecule has 82 valence electrons. The van der Waals surface area contributed by atoms with Crippen molar-refractivity contribution in [1.82, 2.24) is 10.9 Å². The minimum atomic E-state index is 0.683. The molecule has 0 aromatic heterocycles. The van der Waals surface area contributed by atoms with E-state index in [0.29, 0.717) is 6.04 Å². The van der Waals surface area contributed by atoms with E-state index >= 15 is 0 Å². The monoisotopic (exact) mass is 204 g/mol. The number of hydrogen-bond acceptors (Lipinski definition) is 2. The standard InChI is InChI=1S/C13H20N2/c1-3-7-12(8-4-1)11-14-15-13-9-5-2-6-10-13/h1,3-4,7-8,13-15H,2,5-6,9-11H2. The summed E-state index contributed by atoms with van der Waals surface area (Å²) in [5.41, 5.74) is 8.08. The first-order valence-electron chi connectivity index (χ1n) is 5.97. The largest absolute Gasteiger partial charge is 0.254 e. The predicted molar refractivity (Wildman–Crippen MR) is 63.3 cm³/mol. The van der Waals surface area contributed by atoms with Crippen LogP contribution in [0.5, 0.6) is 0 Å². The highest BCUT2D eigenvalue weighted by Gasteiger charge is 2.11. The van der Waals surface area contributed by atoms with Crippen LogP contribution in [0.15, 0.2) is 30.3 Å². The summed E-state index contributed by atoms with van der Waals surface area (Å²) in [4.78, 5) is 0. The fourth-order valence-electron chi connectivity index (χ4n) is 2.14. The molecule has 2 N–H and O–H groups in total. The molecule has 0 radical (unpaired) electrons. The molecule has 2 rings (SSSR count). The van der Waals surface area contributed by atoms with Gasteiger partial charge in [0.15, 0.2) is 0 Å². The zero-order valence-electron chi connectivity index (χ0n) is 9.21. The topological polar surface area (TPSA) is 24.1 Å². The lowest BCUT2D eigenvalue weighted by atomic mass is 9.96. The minimum absolute atomic E-state index is 0.683. The van der Waals surface area contributed by atoms with E-state index in [0.717, 1.165) is 6.54 Å². The molecule has 1 aliphatic carbocycles. The quantitative estimate of drug-likeness (QED) is 0.737. The summed E-state index contributed by atoms with van der Waals surface area (Å²) >= 11 is 0. The van der Waals surface area contributed by atoms with Gasteiger partial charge in [-0.2, -0.15) is 0 Å². The van der Waals surface area contributed by atoms with Crippen LogP contribution in [-0.2, 0) is 6.54 Å². The average Bonchev–Trinajstić information content (AvgIpc) is 2.32. The first-order chi connectivity index (χ1) is 7.45. The van der Waals surface area contributed by atoms with Gasteiger partial charge in [0.05, 0.1) is 0 Å². The zero-order chi connectivity index (χ0) is 10.3. The van der Waals surface area contributed by atoms with Gasteiger partial charge < -0.3 is 0 Å². The van der Waals surface area contributed by atoms with Crippen molar-refractivity contribution in [1.29, 1.82) is 0 Å². The maximum atomic E-state index is 3.42. The summed E-state index contributed by atoms with van der Waals surface area (Å²) in [6.07, 6.45) is 6.82. The second kappa shape index (κ2) is 5.89. The van der Waals surface area contributed by atoms with Crippen molar-refractivity contribution in [2.24, 2.45) is 0 Å². The fraction of sp³-hybridized carbons (Fsp3) is 0.538. The van der Waals surface area contributed by atoms with Crippen LogP contribution in [0.4, 0.5) is 0 Å². The highest BCUT2D eigenvalue weighted by Crippen LogP contribution is 2.16. The highest BCUT2D eigenvalue weighted by molar-refractivity contribution is 5.13. The molecular formula is C13H20N2. The van der Waals surface area contributed by atoms with Crippen LogP contribution in [0, 0.1) is 0 Å². The molecule has 0 bridgehead atoms. The Balaban J connectivity index is 1.66. The molecule has 0 saturated heterocycles. The van der Waals surface area contributed by atoms with Gasteiger partial charge in [0.1, 0.15) is 0 Å². The Morgan fingerprint density at radius 2 is 1.73 bits per heavy atom. The van der Waals surface area contributed by atoms with Crippen LogP contribution in [0.3, 0.4) is 0 Å². The molecule has 15 heavy (non-hydrogen) atoms. The van der Waals surface area contributed by atoms with Gasteiger partial charge in [0, 0.05) is 12.6 Å². The van der Waals surface area contributed by atoms with Crippen LogP contribution in [0.1, 0.15) is 37.7 Å². The lowest BCUT2D eigenvalue weighted by Crippen LogP contribution is -2.41. The Kier molecular flexibility index (Phi) is 4.18. The van der Waals surface area contributed by atoms with Crippen molar-refractivity contribution in [3.63, 3.8) is 0 Å². The normalized spacial score (nSPS) is 17.9. The van der Waals surface area contributed by atoms with Gasteiger partial charge in [0.2, 0.25) is 0 Å². The number of benzene rings is 1. The van der Waals surface area contributed by atoms with Gasteiger partial charge in [-0.25, -0.2) is 0 Å². The van der Waals surface area contributed by atoms with Crippen LogP contribution in [0.25, 0.3) is 0 Å². The summed E-state index contributed by atoms with van der Waals surface area (Å²) < 4.78 is 0. The second-order valence-electron chi connectivity index (χ2n) is 4.32. The fourth-order valence-corrected chi connectivity index (χ4v) is 2.14. The minimum Gasteiger partial charge on any atom is -0.254 e. The molecule has 1 aromatic carbocycles. The third-order valence-electron chi connectivity index (χ3n) is 3.05. The zero-order valence-corrected chi connectivity index (χ0v) is 9.21. The highest BCUT2D eigenvalue weighted by atomic mass is 15.4. The third-order valence-corrected chi connectivity index (χ3v) is 3.05. The lowest BCUT2D eigenvalue weighted by molar-refractivity contribution is 0.332. The maximum Gasteiger partial charge on any atom is 0.0351 e. The molecule has 0 amide bonds. The van der Waals surface area contributed by atoms with Crippen LogP contribution < -0.4 is 10.9 Å². The van der Waals surface area contributed by atoms with Gasteiger partial charge in [-0.15, -0.1) is 0 Å². The van der Waals surface area contributed by atoms with Crippen molar-refractivity contribution < 1.29 is 0 Å². The SMILES string of the molecule is c1ccc(CNNC2CCCCC2)cc1. The summed E-state index contributed by atoms with van der Waals surface area (Å²) in [6.45, 7) is 0.914. The van der Waals surface area contributed by atoms with Crippen molar-refractivity contribution in [3.8, 4) is 0 Å². The molecule has 1 fully saturated rings. The summed E-state index contributed by atoms with van der Waals surface area (Å²) in [5, 5.41) is 0. The predicted octanol–water partition coefficient (Wildman–Crippen LogP) is 2.61. The molecule has 1 aliphatic rings. The lowest BCUT2D eigenvalue weighted by Gasteiger charge is -2.23. The van der Waals surface area contributed by atoms with Gasteiger partial charge >= 0.3 is 0 Å². The summed E-state index contributed by atoms with van der Waals surface area (Å²) in [7, 11) is 0. The van der Waals surface area contributed by atoms with Gasteiger partial charge in [-0.05, 0) is 18.4 Å². The van der Waals surface area contributed by atoms with Gasteiger partial charge in [0.25, 0.3) is 0 Å². The first kappa shape index (κ1) is 10.7. The Bertz CT molecular complexity index is 265. The Morgan fingerprint density at radius 1 is 1.00 bits per heavy atom. The first-order valence-corrected chi connectivity index (χ1v) is 5.97. The molecule has 0 unspecified atom stereocenters. The van der Waals surface area contributed by atoms with E-state index in [-0.39, 0.29) is 0 Å². The molecular weight excluding hydrogens is 184 g/mol. The van der Waals surface area contributed by atoms with E-state index in [2.05, 4.69) is 41.2 Å². The molecule has 2 heteroatoms. The number of hydrogen-bond donors (Lipinski definition) is 2. The molecule has 0 aliphatic heterocycles. The molecule has 0 heterocycles. The molecule has 0 spiro atoms. The number of rotatable bonds is 4. The molecule has 2 nitrogen and oxygen atoms in total. The Hall–Kier alpha value is -0.860. The summed E-state index contributed by atoms with van der Waals surface area (Å²) in [6, 6.07) is 11.2. The van der Waals surface area contributed by atoms with E-state index < -0.39 is 0 Å².